The first-order chi connectivity index (χ1) is 8.58. The Labute approximate surface area is 114 Å². The number of halogens is 1. The summed E-state index contributed by atoms with van der Waals surface area (Å²) in [6.45, 7) is 1.83. The van der Waals surface area contributed by atoms with Crippen molar-refractivity contribution in [1.29, 1.82) is 0 Å². The average molecular weight is 316 g/mol. The Morgan fingerprint density at radius 2 is 2.11 bits per heavy atom. The fraction of sp³-hybridized carbons (Fsp3) is 0.333. The molecule has 5 nitrogen and oxygen atoms in total. The molecular weight excluding hydrogens is 302 g/mol. The summed E-state index contributed by atoms with van der Waals surface area (Å²) < 4.78 is 10.6. The van der Waals surface area contributed by atoms with Crippen LogP contribution in [0.3, 0.4) is 0 Å². The number of benzene rings is 1. The lowest BCUT2D eigenvalue weighted by molar-refractivity contribution is -0.141. The summed E-state index contributed by atoms with van der Waals surface area (Å²) in [6, 6.07) is 5.02. The normalized spacial score (nSPS) is 9.72. The summed E-state index contributed by atoms with van der Waals surface area (Å²) in [6.07, 6.45) is 0. The van der Waals surface area contributed by atoms with Crippen LogP contribution in [-0.2, 0) is 9.53 Å². The van der Waals surface area contributed by atoms with E-state index in [1.807, 2.05) is 0 Å². The minimum absolute atomic E-state index is 0.161. The molecule has 18 heavy (non-hydrogen) atoms. The molecule has 0 bridgehead atoms. The van der Waals surface area contributed by atoms with Gasteiger partial charge in [-0.3, -0.25) is 9.59 Å². The molecule has 98 valence electrons. The summed E-state index contributed by atoms with van der Waals surface area (Å²) >= 11 is 3.28. The number of hydrogen-bond acceptors (Lipinski definition) is 4. The van der Waals surface area contributed by atoms with E-state index in [2.05, 4.69) is 21.2 Å². The van der Waals surface area contributed by atoms with Gasteiger partial charge < -0.3 is 14.8 Å². The number of carbonyl (C=O) groups excluding carboxylic acids is 2. The Bertz CT molecular complexity index is 448. The molecule has 0 radical (unpaired) electrons. The molecule has 6 heteroatoms. The summed E-state index contributed by atoms with van der Waals surface area (Å²) in [5, 5.41) is 2.47. The maximum atomic E-state index is 11.8. The van der Waals surface area contributed by atoms with Gasteiger partial charge in [-0.05, 0) is 25.1 Å². The number of methoxy groups -OCH3 is 1. The van der Waals surface area contributed by atoms with Crippen LogP contribution < -0.4 is 10.1 Å². The zero-order chi connectivity index (χ0) is 13.5. The van der Waals surface area contributed by atoms with Crippen molar-refractivity contribution in [2.24, 2.45) is 0 Å². The number of ether oxygens (including phenoxy) is 2. The SMILES string of the molecule is CCOC(=O)CNC(=O)c1ccc(Br)cc1OC. The van der Waals surface area contributed by atoms with Crippen molar-refractivity contribution < 1.29 is 19.1 Å². The number of rotatable bonds is 5. The van der Waals surface area contributed by atoms with Gasteiger partial charge in [0.25, 0.3) is 5.91 Å². The third-order valence-corrected chi connectivity index (χ3v) is 2.60. The van der Waals surface area contributed by atoms with Crippen molar-refractivity contribution in [3.63, 3.8) is 0 Å². The van der Waals surface area contributed by atoms with Gasteiger partial charge in [0, 0.05) is 4.47 Å². The van der Waals surface area contributed by atoms with Crippen LogP contribution in [0.15, 0.2) is 22.7 Å². The molecular formula is C12H14BrNO4. The summed E-state index contributed by atoms with van der Waals surface area (Å²) in [5.74, 6) is -0.417. The molecule has 0 aliphatic carbocycles. The van der Waals surface area contributed by atoms with E-state index < -0.39 is 5.97 Å². The molecule has 1 aromatic carbocycles. The minimum Gasteiger partial charge on any atom is -0.496 e. The van der Waals surface area contributed by atoms with Crippen LogP contribution in [-0.4, -0.2) is 32.1 Å². The van der Waals surface area contributed by atoms with Gasteiger partial charge in [0.2, 0.25) is 0 Å². The number of esters is 1. The molecule has 1 amide bonds. The van der Waals surface area contributed by atoms with Crippen molar-refractivity contribution in [3.05, 3.63) is 28.2 Å². The highest BCUT2D eigenvalue weighted by atomic mass is 79.9. The highest BCUT2D eigenvalue weighted by Crippen LogP contribution is 2.23. The van der Waals surface area contributed by atoms with E-state index in [1.54, 1.807) is 25.1 Å². The van der Waals surface area contributed by atoms with E-state index in [4.69, 9.17) is 9.47 Å². The summed E-state index contributed by atoms with van der Waals surface area (Å²) in [4.78, 5) is 22.9. The molecule has 0 saturated heterocycles. The zero-order valence-electron chi connectivity index (χ0n) is 10.2. The van der Waals surface area contributed by atoms with Crippen LogP contribution in [0.1, 0.15) is 17.3 Å². The second-order valence-electron chi connectivity index (χ2n) is 3.33. The molecule has 0 aliphatic rings. The maximum absolute atomic E-state index is 11.8. The van der Waals surface area contributed by atoms with Crippen LogP contribution >= 0.6 is 15.9 Å². The van der Waals surface area contributed by atoms with Crippen molar-refractivity contribution in [2.75, 3.05) is 20.3 Å². The quantitative estimate of drug-likeness (QED) is 0.841. The lowest BCUT2D eigenvalue weighted by atomic mass is 10.2. The van der Waals surface area contributed by atoms with Gasteiger partial charge in [0.1, 0.15) is 12.3 Å². The molecule has 1 rings (SSSR count). The van der Waals surface area contributed by atoms with E-state index in [0.29, 0.717) is 11.3 Å². The molecule has 0 fully saturated rings. The third-order valence-electron chi connectivity index (χ3n) is 2.11. The van der Waals surface area contributed by atoms with Gasteiger partial charge in [-0.2, -0.15) is 0 Å². The van der Waals surface area contributed by atoms with Crippen LogP contribution in [0.4, 0.5) is 0 Å². The Balaban J connectivity index is 2.69. The van der Waals surface area contributed by atoms with Crippen LogP contribution in [0.5, 0.6) is 5.75 Å². The van der Waals surface area contributed by atoms with E-state index >= 15 is 0 Å². The second kappa shape index (κ2) is 7.00. The maximum Gasteiger partial charge on any atom is 0.325 e. The minimum atomic E-state index is -0.470. The number of hydrogen-bond donors (Lipinski definition) is 1. The molecule has 0 aliphatic heterocycles. The molecule has 1 N–H and O–H groups in total. The zero-order valence-corrected chi connectivity index (χ0v) is 11.7. The van der Waals surface area contributed by atoms with Crippen molar-refractivity contribution in [3.8, 4) is 5.75 Å². The van der Waals surface area contributed by atoms with Gasteiger partial charge in [-0.15, -0.1) is 0 Å². The molecule has 0 heterocycles. The van der Waals surface area contributed by atoms with Crippen LogP contribution in [0.2, 0.25) is 0 Å². The molecule has 0 saturated carbocycles. The average Bonchev–Trinajstić information content (AvgIpc) is 2.36. The lowest BCUT2D eigenvalue weighted by Crippen LogP contribution is -2.30. The van der Waals surface area contributed by atoms with Gasteiger partial charge in [-0.25, -0.2) is 0 Å². The van der Waals surface area contributed by atoms with E-state index in [0.717, 1.165) is 4.47 Å². The Morgan fingerprint density at radius 3 is 2.72 bits per heavy atom. The fourth-order valence-electron chi connectivity index (χ4n) is 1.31. The number of amides is 1. The van der Waals surface area contributed by atoms with Crippen LogP contribution in [0, 0.1) is 0 Å². The van der Waals surface area contributed by atoms with Gasteiger partial charge in [0.15, 0.2) is 0 Å². The molecule has 1 aromatic rings. The summed E-state index contributed by atoms with van der Waals surface area (Å²) in [7, 11) is 1.48. The molecule has 0 spiro atoms. The van der Waals surface area contributed by atoms with E-state index in [-0.39, 0.29) is 19.1 Å². The number of nitrogens with one attached hydrogen (secondary N) is 1. The first-order valence-corrected chi connectivity index (χ1v) is 6.15. The first-order valence-electron chi connectivity index (χ1n) is 5.35. The monoisotopic (exact) mass is 315 g/mol. The largest absolute Gasteiger partial charge is 0.496 e. The second-order valence-corrected chi connectivity index (χ2v) is 4.25. The Kier molecular flexibility index (Phi) is 5.64. The third kappa shape index (κ3) is 4.03. The lowest BCUT2D eigenvalue weighted by Gasteiger charge is -2.09. The Morgan fingerprint density at radius 1 is 1.39 bits per heavy atom. The van der Waals surface area contributed by atoms with E-state index in [1.165, 1.54) is 7.11 Å². The highest BCUT2D eigenvalue weighted by molar-refractivity contribution is 9.10. The van der Waals surface area contributed by atoms with Gasteiger partial charge in [-0.1, -0.05) is 15.9 Å². The Hall–Kier alpha value is -1.56. The van der Waals surface area contributed by atoms with Crippen molar-refractivity contribution in [2.45, 2.75) is 6.92 Å². The molecule has 0 aromatic heterocycles. The smallest absolute Gasteiger partial charge is 0.325 e. The highest BCUT2D eigenvalue weighted by Gasteiger charge is 2.13. The predicted octanol–water partition coefficient (Wildman–Crippen LogP) is 1.75. The first kappa shape index (κ1) is 14.5. The van der Waals surface area contributed by atoms with Gasteiger partial charge in [0.05, 0.1) is 19.3 Å². The van der Waals surface area contributed by atoms with E-state index in [9.17, 15) is 9.59 Å². The fourth-order valence-corrected chi connectivity index (χ4v) is 1.65. The summed E-state index contributed by atoms with van der Waals surface area (Å²) in [5.41, 5.74) is 0.366. The van der Waals surface area contributed by atoms with Gasteiger partial charge >= 0.3 is 5.97 Å². The van der Waals surface area contributed by atoms with Crippen LogP contribution in [0.25, 0.3) is 0 Å². The number of carbonyl (C=O) groups is 2. The topological polar surface area (TPSA) is 64.6 Å². The molecule has 0 atom stereocenters. The standard InChI is InChI=1S/C12H14BrNO4/c1-3-18-11(15)7-14-12(16)9-5-4-8(13)6-10(9)17-2/h4-6H,3,7H2,1-2H3,(H,14,16). The van der Waals surface area contributed by atoms with Crippen molar-refractivity contribution >= 4 is 27.8 Å². The van der Waals surface area contributed by atoms with Crippen molar-refractivity contribution in [1.82, 2.24) is 5.32 Å². The predicted molar refractivity (Wildman–Crippen MR) is 69.7 cm³/mol. The molecule has 0 unspecified atom stereocenters.